The fourth-order valence-electron chi connectivity index (χ4n) is 1.77. The summed E-state index contributed by atoms with van der Waals surface area (Å²) in [6.45, 7) is 4.09. The van der Waals surface area contributed by atoms with E-state index in [1.54, 1.807) is 6.92 Å². The molecule has 0 radical (unpaired) electrons. The Balaban J connectivity index is 2.74. The van der Waals surface area contributed by atoms with E-state index < -0.39 is 11.9 Å². The van der Waals surface area contributed by atoms with E-state index in [2.05, 4.69) is 0 Å². The van der Waals surface area contributed by atoms with Gasteiger partial charge >= 0.3 is 5.97 Å². The van der Waals surface area contributed by atoms with Gasteiger partial charge < -0.3 is 9.64 Å². The smallest absolute Gasteiger partial charge is 0.318 e. The maximum Gasteiger partial charge on any atom is 0.318 e. The number of hydrogen-bond donors (Lipinski definition) is 0. The predicted molar refractivity (Wildman–Crippen MR) is 56.6 cm³/mol. The average Bonchev–Trinajstić information content (AvgIpc) is 2.40. The van der Waals surface area contributed by atoms with Crippen molar-refractivity contribution >= 4 is 17.7 Å². The van der Waals surface area contributed by atoms with Crippen LogP contribution in [0.2, 0.25) is 0 Å². The Hall–Kier alpha value is -1.39. The van der Waals surface area contributed by atoms with Gasteiger partial charge in [-0.25, -0.2) is 0 Å². The Morgan fingerprint density at radius 1 is 1.50 bits per heavy atom. The van der Waals surface area contributed by atoms with Crippen LogP contribution in [0.1, 0.15) is 26.7 Å². The SMILES string of the molecule is CCOC(=O)C1CN(C(C)=O)CCCC1=O. The maximum absolute atomic E-state index is 11.7. The van der Waals surface area contributed by atoms with Crippen LogP contribution in [-0.4, -0.2) is 42.3 Å². The van der Waals surface area contributed by atoms with E-state index in [4.69, 9.17) is 4.74 Å². The molecule has 0 aromatic carbocycles. The molecule has 5 nitrogen and oxygen atoms in total. The zero-order chi connectivity index (χ0) is 12.1. The molecule has 1 saturated heterocycles. The molecule has 1 atom stereocenters. The van der Waals surface area contributed by atoms with Crippen molar-refractivity contribution in [3.05, 3.63) is 0 Å². The highest BCUT2D eigenvalue weighted by atomic mass is 16.5. The molecule has 0 aromatic rings. The van der Waals surface area contributed by atoms with Gasteiger partial charge in [0.1, 0.15) is 11.7 Å². The molecule has 0 bridgehead atoms. The lowest BCUT2D eigenvalue weighted by atomic mass is 10.0. The lowest BCUT2D eigenvalue weighted by Crippen LogP contribution is -2.38. The van der Waals surface area contributed by atoms with Crippen molar-refractivity contribution in [1.82, 2.24) is 4.90 Å². The van der Waals surface area contributed by atoms with Crippen molar-refractivity contribution in [2.75, 3.05) is 19.7 Å². The highest BCUT2D eigenvalue weighted by Crippen LogP contribution is 2.15. The van der Waals surface area contributed by atoms with Gasteiger partial charge in [-0.05, 0) is 13.3 Å². The quantitative estimate of drug-likeness (QED) is 0.505. The van der Waals surface area contributed by atoms with Gasteiger partial charge in [-0.15, -0.1) is 0 Å². The molecule has 1 fully saturated rings. The molecule has 0 spiro atoms. The second kappa shape index (κ2) is 5.63. The molecule has 16 heavy (non-hydrogen) atoms. The minimum absolute atomic E-state index is 0.107. The number of nitrogens with zero attached hydrogens (tertiary/aromatic N) is 1. The Morgan fingerprint density at radius 3 is 2.75 bits per heavy atom. The second-order valence-corrected chi connectivity index (χ2v) is 3.84. The first-order valence-electron chi connectivity index (χ1n) is 5.51. The molecular weight excluding hydrogens is 210 g/mol. The molecule has 90 valence electrons. The number of ketones is 1. The fraction of sp³-hybridized carbons (Fsp3) is 0.727. The highest BCUT2D eigenvalue weighted by molar-refractivity contribution is 5.99. The van der Waals surface area contributed by atoms with E-state index in [1.807, 2.05) is 0 Å². The lowest BCUT2D eigenvalue weighted by Gasteiger charge is -2.21. The minimum atomic E-state index is -0.800. The van der Waals surface area contributed by atoms with Gasteiger partial charge in [0, 0.05) is 26.4 Å². The molecular formula is C11H17NO4. The fourth-order valence-corrected chi connectivity index (χ4v) is 1.77. The number of carbonyl (C=O) groups excluding carboxylic acids is 3. The molecule has 0 aliphatic carbocycles. The van der Waals surface area contributed by atoms with Crippen LogP contribution in [0.3, 0.4) is 0 Å². The molecule has 0 saturated carbocycles. The Kier molecular flexibility index (Phi) is 4.46. The zero-order valence-electron chi connectivity index (χ0n) is 9.69. The van der Waals surface area contributed by atoms with Crippen molar-refractivity contribution in [3.63, 3.8) is 0 Å². The van der Waals surface area contributed by atoms with Gasteiger partial charge in [-0.2, -0.15) is 0 Å². The monoisotopic (exact) mass is 227 g/mol. The first-order valence-corrected chi connectivity index (χ1v) is 5.51. The van der Waals surface area contributed by atoms with E-state index in [0.29, 0.717) is 19.4 Å². The van der Waals surface area contributed by atoms with Crippen LogP contribution in [0.5, 0.6) is 0 Å². The standard InChI is InChI=1S/C11H17NO4/c1-3-16-11(15)9-7-12(8(2)13)6-4-5-10(9)14/h9H,3-7H2,1-2H3. The summed E-state index contributed by atoms with van der Waals surface area (Å²) in [4.78, 5) is 36.0. The normalized spacial score (nSPS) is 21.5. The number of Topliss-reactive ketones (excluding diaryl/α,β-unsaturated/α-hetero) is 1. The van der Waals surface area contributed by atoms with Gasteiger partial charge in [-0.1, -0.05) is 0 Å². The first-order chi connectivity index (χ1) is 7.56. The number of esters is 1. The Morgan fingerprint density at radius 2 is 2.19 bits per heavy atom. The molecule has 1 amide bonds. The molecule has 0 N–H and O–H groups in total. The number of amides is 1. The molecule has 1 aliphatic heterocycles. The summed E-state index contributed by atoms with van der Waals surface area (Å²) >= 11 is 0. The van der Waals surface area contributed by atoms with E-state index >= 15 is 0 Å². The number of likely N-dealkylation sites (tertiary alicyclic amines) is 1. The van der Waals surface area contributed by atoms with Gasteiger partial charge in [0.25, 0.3) is 0 Å². The van der Waals surface area contributed by atoms with Crippen LogP contribution < -0.4 is 0 Å². The topological polar surface area (TPSA) is 63.7 Å². The molecule has 0 aromatic heterocycles. The number of hydrogen-bond acceptors (Lipinski definition) is 4. The van der Waals surface area contributed by atoms with Gasteiger partial charge in [0.05, 0.1) is 6.61 Å². The Labute approximate surface area is 94.7 Å². The van der Waals surface area contributed by atoms with E-state index in [0.717, 1.165) is 0 Å². The van der Waals surface area contributed by atoms with Gasteiger partial charge in [0.2, 0.25) is 5.91 Å². The number of carbonyl (C=O) groups is 3. The maximum atomic E-state index is 11.7. The Bertz CT molecular complexity index is 300. The van der Waals surface area contributed by atoms with Crippen LogP contribution in [0, 0.1) is 5.92 Å². The summed E-state index contributed by atoms with van der Waals surface area (Å²) in [6, 6.07) is 0. The molecule has 5 heteroatoms. The van der Waals surface area contributed by atoms with Crippen molar-refractivity contribution < 1.29 is 19.1 Å². The number of ether oxygens (including phenoxy) is 1. The van der Waals surface area contributed by atoms with Gasteiger partial charge in [0.15, 0.2) is 0 Å². The van der Waals surface area contributed by atoms with Crippen LogP contribution >= 0.6 is 0 Å². The van der Waals surface area contributed by atoms with Crippen molar-refractivity contribution in [1.29, 1.82) is 0 Å². The molecule has 1 rings (SSSR count). The summed E-state index contributed by atoms with van der Waals surface area (Å²) < 4.78 is 4.84. The summed E-state index contributed by atoms with van der Waals surface area (Å²) in [5.74, 6) is -1.54. The lowest BCUT2D eigenvalue weighted by molar-refractivity contribution is -0.152. The highest BCUT2D eigenvalue weighted by Gasteiger charge is 2.32. The summed E-state index contributed by atoms with van der Waals surface area (Å²) in [5.41, 5.74) is 0. The number of rotatable bonds is 2. The predicted octanol–water partition coefficient (Wildman–Crippen LogP) is 0.377. The largest absolute Gasteiger partial charge is 0.465 e. The van der Waals surface area contributed by atoms with Gasteiger partial charge in [-0.3, -0.25) is 14.4 Å². The van der Waals surface area contributed by atoms with Crippen LogP contribution in [-0.2, 0) is 19.1 Å². The molecule has 1 unspecified atom stereocenters. The van der Waals surface area contributed by atoms with E-state index in [1.165, 1.54) is 11.8 Å². The summed E-state index contributed by atoms with van der Waals surface area (Å²) in [7, 11) is 0. The third kappa shape index (κ3) is 3.05. The third-order valence-corrected chi connectivity index (χ3v) is 2.66. The molecule has 1 heterocycles. The first kappa shape index (κ1) is 12.7. The third-order valence-electron chi connectivity index (χ3n) is 2.66. The van der Waals surface area contributed by atoms with E-state index in [9.17, 15) is 14.4 Å². The summed E-state index contributed by atoms with van der Waals surface area (Å²) in [5, 5.41) is 0. The average molecular weight is 227 g/mol. The second-order valence-electron chi connectivity index (χ2n) is 3.84. The van der Waals surface area contributed by atoms with E-state index in [-0.39, 0.29) is 24.8 Å². The summed E-state index contributed by atoms with van der Waals surface area (Å²) in [6.07, 6.45) is 0.960. The van der Waals surface area contributed by atoms with Crippen molar-refractivity contribution in [2.24, 2.45) is 5.92 Å². The van der Waals surface area contributed by atoms with Crippen LogP contribution in [0.4, 0.5) is 0 Å². The minimum Gasteiger partial charge on any atom is -0.465 e. The van der Waals surface area contributed by atoms with Crippen LogP contribution in [0.15, 0.2) is 0 Å². The van der Waals surface area contributed by atoms with Crippen molar-refractivity contribution in [2.45, 2.75) is 26.7 Å². The zero-order valence-corrected chi connectivity index (χ0v) is 9.69. The van der Waals surface area contributed by atoms with Crippen LogP contribution in [0.25, 0.3) is 0 Å². The molecule has 1 aliphatic rings. The van der Waals surface area contributed by atoms with Crippen molar-refractivity contribution in [3.8, 4) is 0 Å².